The lowest BCUT2D eigenvalue weighted by molar-refractivity contribution is -0.138. The van der Waals surface area contributed by atoms with Gasteiger partial charge in [0.25, 0.3) is 6.47 Å². The molecule has 4 nitrogen and oxygen atoms in total. The Morgan fingerprint density at radius 2 is 1.81 bits per heavy atom. The monoisotopic (exact) mass is 292 g/mol. The predicted molar refractivity (Wildman–Crippen MR) is 87.2 cm³/mol. The third-order valence-electron chi connectivity index (χ3n) is 3.08. The summed E-state index contributed by atoms with van der Waals surface area (Å²) < 4.78 is 4.55. The number of carbonyl (C=O) groups is 1. The number of hydrogen-bond donors (Lipinski definition) is 2. The van der Waals surface area contributed by atoms with Crippen LogP contribution in [0.25, 0.3) is 0 Å². The minimum Gasteiger partial charge on any atom is -0.462 e. The molecule has 2 aliphatic carbocycles. The van der Waals surface area contributed by atoms with Gasteiger partial charge in [0, 0.05) is 25.7 Å². The number of piperazine rings is 1. The summed E-state index contributed by atoms with van der Waals surface area (Å²) in [7, 11) is 0. The van der Waals surface area contributed by atoms with E-state index in [9.17, 15) is 4.79 Å². The van der Waals surface area contributed by atoms with Crippen molar-refractivity contribution in [1.29, 1.82) is 0 Å². The fraction of sp³-hybridized carbons (Fsp3) is 0.588. The van der Waals surface area contributed by atoms with Gasteiger partial charge in [-0.2, -0.15) is 0 Å². The van der Waals surface area contributed by atoms with Crippen molar-refractivity contribution in [3.05, 3.63) is 35.5 Å². The Morgan fingerprint density at radius 3 is 1.95 bits per heavy atom. The van der Waals surface area contributed by atoms with Crippen molar-refractivity contribution in [2.24, 2.45) is 0 Å². The van der Waals surface area contributed by atoms with E-state index in [1.54, 1.807) is 0 Å². The minimum atomic E-state index is -0.318. The van der Waals surface area contributed by atoms with E-state index < -0.39 is 0 Å². The SMILES string of the molecule is C1=CC2=CC=C1C2.CC(C)(C)OC=O.CC1CNCCN1. The second kappa shape index (κ2) is 8.80. The van der Waals surface area contributed by atoms with Gasteiger partial charge in [0.15, 0.2) is 0 Å². The third kappa shape index (κ3) is 8.48. The van der Waals surface area contributed by atoms with E-state index in [0.717, 1.165) is 19.6 Å². The first-order valence-corrected chi connectivity index (χ1v) is 7.54. The van der Waals surface area contributed by atoms with Crippen molar-refractivity contribution in [2.45, 2.75) is 45.8 Å². The topological polar surface area (TPSA) is 50.4 Å². The third-order valence-corrected chi connectivity index (χ3v) is 3.08. The Hall–Kier alpha value is -1.39. The Bertz CT molecular complexity index is 391. The lowest BCUT2D eigenvalue weighted by atomic mass is 10.2. The number of rotatable bonds is 1. The van der Waals surface area contributed by atoms with Gasteiger partial charge in [-0.25, -0.2) is 0 Å². The molecule has 3 rings (SSSR count). The summed E-state index contributed by atoms with van der Waals surface area (Å²) in [6.45, 7) is 11.5. The van der Waals surface area contributed by atoms with E-state index in [1.807, 2.05) is 20.8 Å². The van der Waals surface area contributed by atoms with Gasteiger partial charge in [-0.15, -0.1) is 0 Å². The van der Waals surface area contributed by atoms with Gasteiger partial charge in [0.1, 0.15) is 5.60 Å². The van der Waals surface area contributed by atoms with Crippen LogP contribution in [-0.2, 0) is 9.53 Å². The average molecular weight is 292 g/mol. The highest BCUT2D eigenvalue weighted by molar-refractivity contribution is 5.49. The van der Waals surface area contributed by atoms with Crippen molar-refractivity contribution in [2.75, 3.05) is 19.6 Å². The number of allylic oxidation sites excluding steroid dienone is 6. The quantitative estimate of drug-likeness (QED) is 0.728. The van der Waals surface area contributed by atoms with Crippen LogP contribution in [0, 0.1) is 0 Å². The molecule has 21 heavy (non-hydrogen) atoms. The Labute approximate surface area is 128 Å². The number of nitrogens with one attached hydrogen (secondary N) is 2. The highest BCUT2D eigenvalue weighted by atomic mass is 16.5. The number of fused-ring (bicyclic) bond motifs is 2. The molecule has 0 spiro atoms. The molecular weight excluding hydrogens is 264 g/mol. The number of ether oxygens (including phenoxy) is 1. The molecule has 0 aromatic carbocycles. The first-order valence-electron chi connectivity index (χ1n) is 7.54. The average Bonchev–Trinajstić information content (AvgIpc) is 3.04. The van der Waals surface area contributed by atoms with Crippen LogP contribution in [-0.4, -0.2) is 37.7 Å². The molecule has 2 N–H and O–H groups in total. The Kier molecular flexibility index (Phi) is 7.40. The summed E-state index contributed by atoms with van der Waals surface area (Å²) >= 11 is 0. The normalized spacial score (nSPS) is 22.2. The number of hydrogen-bond acceptors (Lipinski definition) is 4. The molecule has 0 saturated carbocycles. The maximum atomic E-state index is 9.60. The summed E-state index contributed by atoms with van der Waals surface area (Å²) in [5.74, 6) is 0. The molecule has 1 heterocycles. The second-order valence-electron chi connectivity index (χ2n) is 6.38. The first-order chi connectivity index (χ1) is 9.90. The standard InChI is InChI=1S/C7H6.C5H12N2.C5H10O2/c1-2-7-4-3-6(1)5-7;1-5-4-6-2-3-7-5;1-5(2,3)7-4-6/h1-4H,5H2;5-7H,2-4H2,1H3;4H,1-3H3. The number of carbonyl (C=O) groups excluding carboxylic acids is 1. The molecule has 1 saturated heterocycles. The molecule has 1 atom stereocenters. The molecule has 0 amide bonds. The van der Waals surface area contributed by atoms with Gasteiger partial charge in [-0.05, 0) is 45.3 Å². The fourth-order valence-electron chi connectivity index (χ4n) is 1.95. The maximum absolute atomic E-state index is 9.60. The van der Waals surface area contributed by atoms with Crippen molar-refractivity contribution >= 4 is 6.47 Å². The van der Waals surface area contributed by atoms with Gasteiger partial charge in [-0.1, -0.05) is 24.3 Å². The Morgan fingerprint density at radius 1 is 1.19 bits per heavy atom. The molecule has 2 bridgehead atoms. The molecule has 1 fully saturated rings. The van der Waals surface area contributed by atoms with Crippen LogP contribution in [0.15, 0.2) is 35.5 Å². The first kappa shape index (κ1) is 17.7. The van der Waals surface area contributed by atoms with Gasteiger partial charge in [-0.3, -0.25) is 4.79 Å². The largest absolute Gasteiger partial charge is 0.462 e. The van der Waals surface area contributed by atoms with E-state index in [2.05, 4.69) is 46.6 Å². The van der Waals surface area contributed by atoms with E-state index in [-0.39, 0.29) is 5.60 Å². The molecule has 0 radical (unpaired) electrons. The molecule has 118 valence electrons. The second-order valence-corrected chi connectivity index (χ2v) is 6.38. The zero-order valence-corrected chi connectivity index (χ0v) is 13.6. The zero-order chi connectivity index (χ0) is 15.7. The van der Waals surface area contributed by atoms with Crippen molar-refractivity contribution in [3.63, 3.8) is 0 Å². The lowest BCUT2D eigenvalue weighted by Gasteiger charge is -2.19. The summed E-state index contributed by atoms with van der Waals surface area (Å²) in [6.07, 6.45) is 9.90. The summed E-state index contributed by atoms with van der Waals surface area (Å²) in [6, 6.07) is 0.675. The molecular formula is C17H28N2O2. The molecule has 1 unspecified atom stereocenters. The summed E-state index contributed by atoms with van der Waals surface area (Å²) in [5.41, 5.74) is 2.62. The van der Waals surface area contributed by atoms with Crippen LogP contribution in [0.2, 0.25) is 0 Å². The van der Waals surface area contributed by atoms with E-state index in [1.165, 1.54) is 17.6 Å². The summed E-state index contributed by atoms with van der Waals surface area (Å²) in [4.78, 5) is 9.60. The highest BCUT2D eigenvalue weighted by Gasteiger charge is 2.08. The van der Waals surface area contributed by atoms with E-state index in [0.29, 0.717) is 12.5 Å². The molecule has 4 heteroatoms. The molecule has 1 aliphatic heterocycles. The molecule has 0 aromatic heterocycles. The predicted octanol–water partition coefficient (Wildman–Crippen LogP) is 2.34. The highest BCUT2D eigenvalue weighted by Crippen LogP contribution is 2.27. The lowest BCUT2D eigenvalue weighted by Crippen LogP contribution is -2.46. The minimum absolute atomic E-state index is 0.318. The smallest absolute Gasteiger partial charge is 0.293 e. The van der Waals surface area contributed by atoms with Crippen LogP contribution in [0.5, 0.6) is 0 Å². The van der Waals surface area contributed by atoms with Crippen LogP contribution < -0.4 is 10.6 Å². The van der Waals surface area contributed by atoms with Crippen LogP contribution >= 0.6 is 0 Å². The summed E-state index contributed by atoms with van der Waals surface area (Å²) in [5, 5.41) is 6.59. The van der Waals surface area contributed by atoms with Gasteiger partial charge in [0.2, 0.25) is 0 Å². The van der Waals surface area contributed by atoms with Crippen molar-refractivity contribution in [3.8, 4) is 0 Å². The van der Waals surface area contributed by atoms with Crippen molar-refractivity contribution in [1.82, 2.24) is 10.6 Å². The van der Waals surface area contributed by atoms with Gasteiger partial charge in [0.05, 0.1) is 0 Å². The van der Waals surface area contributed by atoms with Crippen LogP contribution in [0.4, 0.5) is 0 Å². The van der Waals surface area contributed by atoms with Crippen LogP contribution in [0.3, 0.4) is 0 Å². The maximum Gasteiger partial charge on any atom is 0.293 e. The molecule has 0 aromatic rings. The van der Waals surface area contributed by atoms with Crippen molar-refractivity contribution < 1.29 is 9.53 Å². The van der Waals surface area contributed by atoms with Gasteiger partial charge < -0.3 is 15.4 Å². The van der Waals surface area contributed by atoms with E-state index >= 15 is 0 Å². The Balaban J connectivity index is 0.000000157. The zero-order valence-electron chi connectivity index (χ0n) is 13.6. The molecule has 3 aliphatic rings. The van der Waals surface area contributed by atoms with Gasteiger partial charge >= 0.3 is 0 Å². The van der Waals surface area contributed by atoms with Crippen LogP contribution in [0.1, 0.15) is 34.1 Å². The fourth-order valence-corrected chi connectivity index (χ4v) is 1.95. The van der Waals surface area contributed by atoms with E-state index in [4.69, 9.17) is 0 Å².